The van der Waals surface area contributed by atoms with E-state index in [1.165, 1.54) is 12.1 Å². The predicted octanol–water partition coefficient (Wildman–Crippen LogP) is 3.47. The highest BCUT2D eigenvalue weighted by Crippen LogP contribution is 2.18. The zero-order valence-electron chi connectivity index (χ0n) is 10.7. The van der Waals surface area contributed by atoms with E-state index in [0.717, 1.165) is 5.75 Å². The van der Waals surface area contributed by atoms with E-state index in [4.69, 9.17) is 14.7 Å². The number of methoxy groups -OCH3 is 1. The molecule has 0 aliphatic carbocycles. The Morgan fingerprint density at radius 2 is 1.60 bits per heavy atom. The summed E-state index contributed by atoms with van der Waals surface area (Å²) >= 11 is 0. The maximum Gasteiger partial charge on any atom is 0.335 e. The van der Waals surface area contributed by atoms with Crippen molar-refractivity contribution in [2.75, 3.05) is 7.11 Å². The molecule has 0 amide bonds. The highest BCUT2D eigenvalue weighted by Gasteiger charge is 2.01. The SMILES string of the molecule is COc1ccc(ON=Nc2ccc(C(=O)O)cc2)cc1. The molecule has 102 valence electrons. The van der Waals surface area contributed by atoms with Crippen molar-refractivity contribution in [2.24, 2.45) is 10.4 Å². The first-order chi connectivity index (χ1) is 9.69. The van der Waals surface area contributed by atoms with E-state index in [1.54, 1.807) is 43.5 Å². The molecule has 20 heavy (non-hydrogen) atoms. The van der Waals surface area contributed by atoms with Crippen molar-refractivity contribution in [3.63, 3.8) is 0 Å². The molecule has 0 aromatic heterocycles. The van der Waals surface area contributed by atoms with Gasteiger partial charge in [-0.1, -0.05) is 0 Å². The number of aromatic carboxylic acids is 1. The van der Waals surface area contributed by atoms with E-state index in [2.05, 4.69) is 10.4 Å². The minimum Gasteiger partial charge on any atom is -0.497 e. The van der Waals surface area contributed by atoms with Gasteiger partial charge in [0.1, 0.15) is 5.75 Å². The molecule has 0 aliphatic rings. The van der Waals surface area contributed by atoms with E-state index in [0.29, 0.717) is 11.4 Å². The van der Waals surface area contributed by atoms with Crippen LogP contribution in [0.2, 0.25) is 0 Å². The molecule has 0 radical (unpaired) electrons. The number of hydrogen-bond donors (Lipinski definition) is 1. The van der Waals surface area contributed by atoms with Gasteiger partial charge >= 0.3 is 5.97 Å². The van der Waals surface area contributed by atoms with E-state index in [1.807, 2.05) is 0 Å². The zero-order chi connectivity index (χ0) is 14.4. The van der Waals surface area contributed by atoms with Crippen LogP contribution in [0.25, 0.3) is 0 Å². The van der Waals surface area contributed by atoms with Crippen LogP contribution in [0.1, 0.15) is 10.4 Å². The Morgan fingerprint density at radius 1 is 1.00 bits per heavy atom. The van der Waals surface area contributed by atoms with E-state index >= 15 is 0 Å². The van der Waals surface area contributed by atoms with Crippen molar-refractivity contribution in [3.05, 3.63) is 54.1 Å². The van der Waals surface area contributed by atoms with Crippen LogP contribution in [0.4, 0.5) is 5.69 Å². The number of rotatable bonds is 5. The summed E-state index contributed by atoms with van der Waals surface area (Å²) in [6, 6.07) is 12.9. The van der Waals surface area contributed by atoms with Crippen LogP contribution >= 0.6 is 0 Å². The lowest BCUT2D eigenvalue weighted by molar-refractivity contribution is 0.0697. The molecular formula is C14H12N2O4. The van der Waals surface area contributed by atoms with Gasteiger partial charge < -0.3 is 14.7 Å². The monoisotopic (exact) mass is 272 g/mol. The number of benzene rings is 2. The highest BCUT2D eigenvalue weighted by atomic mass is 16.6. The van der Waals surface area contributed by atoms with Gasteiger partial charge in [0.15, 0.2) is 5.75 Å². The molecule has 0 fully saturated rings. The topological polar surface area (TPSA) is 80.5 Å². The third kappa shape index (κ3) is 3.55. The standard InChI is InChI=1S/C14H12N2O4/c1-19-12-6-8-13(9-7-12)20-16-15-11-4-2-10(3-5-11)14(17)18/h2-9H,1H3,(H,17,18). The second-order valence-corrected chi connectivity index (χ2v) is 3.80. The molecule has 2 rings (SSSR count). The summed E-state index contributed by atoms with van der Waals surface area (Å²) in [4.78, 5) is 15.7. The highest BCUT2D eigenvalue weighted by molar-refractivity contribution is 5.87. The minimum absolute atomic E-state index is 0.194. The lowest BCUT2D eigenvalue weighted by Gasteiger charge is -2.00. The van der Waals surface area contributed by atoms with Crippen LogP contribution in [0.15, 0.2) is 58.9 Å². The third-order valence-corrected chi connectivity index (χ3v) is 2.48. The molecule has 6 nitrogen and oxygen atoms in total. The maximum absolute atomic E-state index is 10.7. The Labute approximate surface area is 115 Å². The van der Waals surface area contributed by atoms with Gasteiger partial charge in [-0.25, -0.2) is 4.79 Å². The van der Waals surface area contributed by atoms with Crippen molar-refractivity contribution in [1.82, 2.24) is 0 Å². The first kappa shape index (κ1) is 13.5. The van der Waals surface area contributed by atoms with Gasteiger partial charge in [-0.3, -0.25) is 0 Å². The fourth-order valence-electron chi connectivity index (χ4n) is 1.42. The van der Waals surface area contributed by atoms with Gasteiger partial charge in [0.05, 0.1) is 18.4 Å². The zero-order valence-corrected chi connectivity index (χ0v) is 10.7. The Morgan fingerprint density at radius 3 is 2.15 bits per heavy atom. The Kier molecular flexibility index (Phi) is 4.28. The van der Waals surface area contributed by atoms with Crippen LogP contribution in [0.3, 0.4) is 0 Å². The number of carbonyl (C=O) groups is 1. The molecular weight excluding hydrogens is 260 g/mol. The Bertz CT molecular complexity index is 606. The second-order valence-electron chi connectivity index (χ2n) is 3.80. The summed E-state index contributed by atoms with van der Waals surface area (Å²) < 4.78 is 5.02. The van der Waals surface area contributed by atoms with Crippen LogP contribution in [0, 0.1) is 0 Å². The molecule has 2 aromatic carbocycles. The van der Waals surface area contributed by atoms with Crippen molar-refractivity contribution >= 4 is 11.7 Å². The Hall–Kier alpha value is -2.89. The number of ether oxygens (including phenoxy) is 1. The molecule has 0 bridgehead atoms. The summed E-state index contributed by atoms with van der Waals surface area (Å²) in [6.45, 7) is 0. The molecule has 6 heteroatoms. The van der Waals surface area contributed by atoms with E-state index in [9.17, 15) is 4.79 Å². The van der Waals surface area contributed by atoms with Crippen LogP contribution < -0.4 is 9.57 Å². The molecule has 0 aliphatic heterocycles. The average Bonchev–Trinajstić information content (AvgIpc) is 2.48. The molecule has 0 heterocycles. The van der Waals surface area contributed by atoms with Crippen LogP contribution in [-0.4, -0.2) is 18.2 Å². The van der Waals surface area contributed by atoms with Gasteiger partial charge in [0, 0.05) is 5.28 Å². The van der Waals surface area contributed by atoms with Gasteiger partial charge in [-0.15, -0.1) is 5.11 Å². The molecule has 0 unspecified atom stereocenters. The number of hydrogen-bond acceptors (Lipinski definition) is 5. The largest absolute Gasteiger partial charge is 0.497 e. The van der Waals surface area contributed by atoms with Gasteiger partial charge in [0.2, 0.25) is 0 Å². The third-order valence-electron chi connectivity index (χ3n) is 2.48. The van der Waals surface area contributed by atoms with E-state index in [-0.39, 0.29) is 5.56 Å². The maximum atomic E-state index is 10.7. The summed E-state index contributed by atoms with van der Waals surface area (Å²) in [7, 11) is 1.58. The molecule has 0 atom stereocenters. The second kappa shape index (κ2) is 6.33. The first-order valence-corrected chi connectivity index (χ1v) is 5.74. The fraction of sp³-hybridized carbons (Fsp3) is 0.0714. The van der Waals surface area contributed by atoms with Gasteiger partial charge in [-0.2, -0.15) is 0 Å². The summed E-state index contributed by atoms with van der Waals surface area (Å²) in [5, 5.41) is 16.2. The molecule has 0 saturated carbocycles. The average molecular weight is 272 g/mol. The molecule has 1 N–H and O–H groups in total. The van der Waals surface area contributed by atoms with Crippen molar-refractivity contribution in [3.8, 4) is 11.5 Å². The molecule has 2 aromatic rings. The Balaban J connectivity index is 1.96. The predicted molar refractivity (Wildman–Crippen MR) is 71.5 cm³/mol. The van der Waals surface area contributed by atoms with Gasteiger partial charge in [0.25, 0.3) is 0 Å². The van der Waals surface area contributed by atoms with Gasteiger partial charge in [-0.05, 0) is 48.5 Å². The van der Waals surface area contributed by atoms with Crippen molar-refractivity contribution in [2.45, 2.75) is 0 Å². The van der Waals surface area contributed by atoms with E-state index < -0.39 is 5.97 Å². The number of nitrogens with zero attached hydrogens (tertiary/aromatic N) is 2. The number of carboxylic acids is 1. The first-order valence-electron chi connectivity index (χ1n) is 5.74. The summed E-state index contributed by atoms with van der Waals surface area (Å²) in [5.74, 6) is 0.262. The van der Waals surface area contributed by atoms with Crippen molar-refractivity contribution in [1.29, 1.82) is 0 Å². The molecule has 0 spiro atoms. The van der Waals surface area contributed by atoms with Crippen LogP contribution in [-0.2, 0) is 0 Å². The lowest BCUT2D eigenvalue weighted by atomic mass is 10.2. The smallest absolute Gasteiger partial charge is 0.335 e. The summed E-state index contributed by atoms with van der Waals surface area (Å²) in [5.41, 5.74) is 0.698. The normalized spacial score (nSPS) is 10.4. The lowest BCUT2D eigenvalue weighted by Crippen LogP contribution is -1.94. The summed E-state index contributed by atoms with van der Waals surface area (Å²) in [6.07, 6.45) is 0. The minimum atomic E-state index is -0.983. The van der Waals surface area contributed by atoms with Crippen LogP contribution in [0.5, 0.6) is 11.5 Å². The fourth-order valence-corrected chi connectivity index (χ4v) is 1.42. The van der Waals surface area contributed by atoms with Crippen molar-refractivity contribution < 1.29 is 19.5 Å². The molecule has 0 saturated heterocycles. The number of carboxylic acid groups (broad SMARTS) is 1. The quantitative estimate of drug-likeness (QED) is 0.667.